The van der Waals surface area contributed by atoms with Gasteiger partial charge >= 0.3 is 0 Å². The first-order valence-corrected chi connectivity index (χ1v) is 6.85. The van der Waals surface area contributed by atoms with Crippen molar-refractivity contribution in [2.24, 2.45) is 0 Å². The zero-order chi connectivity index (χ0) is 13.5. The summed E-state index contributed by atoms with van der Waals surface area (Å²) in [6, 6.07) is 5.72. The van der Waals surface area contributed by atoms with Crippen LogP contribution in [0.25, 0.3) is 27.3 Å². The van der Waals surface area contributed by atoms with Gasteiger partial charge in [-0.05, 0) is 17.5 Å². The van der Waals surface area contributed by atoms with Crippen molar-refractivity contribution in [3.63, 3.8) is 0 Å². The standard InChI is InChI=1S/C13H9N5OS/c19-13-8(10-3-4-15-17-10)6-14-12-9(7-16-18(12)13)11-2-1-5-20-11/h1-7,16H,(H,15,17). The van der Waals surface area contributed by atoms with Gasteiger partial charge in [0.1, 0.15) is 0 Å². The van der Waals surface area contributed by atoms with Crippen molar-refractivity contribution in [3.05, 3.63) is 52.5 Å². The largest absolute Gasteiger partial charge is 0.296 e. The third-order valence-corrected chi connectivity index (χ3v) is 4.02. The Balaban J connectivity index is 1.98. The Labute approximate surface area is 116 Å². The molecule has 98 valence electrons. The number of rotatable bonds is 2. The lowest BCUT2D eigenvalue weighted by molar-refractivity contribution is 0.899. The zero-order valence-corrected chi connectivity index (χ0v) is 11.0. The van der Waals surface area contributed by atoms with Crippen LogP contribution >= 0.6 is 11.3 Å². The van der Waals surface area contributed by atoms with Crippen molar-refractivity contribution in [2.45, 2.75) is 0 Å². The van der Waals surface area contributed by atoms with Gasteiger partial charge in [0.05, 0.1) is 16.8 Å². The van der Waals surface area contributed by atoms with Gasteiger partial charge in [0, 0.05) is 23.5 Å². The molecule has 4 aromatic heterocycles. The molecule has 0 unspecified atom stereocenters. The number of nitrogens with one attached hydrogen (secondary N) is 2. The van der Waals surface area contributed by atoms with E-state index in [-0.39, 0.29) is 5.56 Å². The summed E-state index contributed by atoms with van der Waals surface area (Å²) in [7, 11) is 0. The summed E-state index contributed by atoms with van der Waals surface area (Å²) in [5.74, 6) is 0. The zero-order valence-electron chi connectivity index (χ0n) is 10.2. The Bertz CT molecular complexity index is 918. The molecule has 7 heteroatoms. The van der Waals surface area contributed by atoms with E-state index in [2.05, 4.69) is 20.3 Å². The number of H-pyrrole nitrogens is 2. The number of hydrogen-bond donors (Lipinski definition) is 2. The lowest BCUT2D eigenvalue weighted by Gasteiger charge is -1.99. The normalized spacial score (nSPS) is 11.2. The van der Waals surface area contributed by atoms with Crippen LogP contribution in [0.5, 0.6) is 0 Å². The molecular weight excluding hydrogens is 274 g/mol. The van der Waals surface area contributed by atoms with Crippen molar-refractivity contribution < 1.29 is 0 Å². The summed E-state index contributed by atoms with van der Waals surface area (Å²) in [6.45, 7) is 0. The Morgan fingerprint density at radius 1 is 1.25 bits per heavy atom. The highest BCUT2D eigenvalue weighted by molar-refractivity contribution is 7.13. The van der Waals surface area contributed by atoms with E-state index < -0.39 is 0 Å². The molecule has 0 fully saturated rings. The third kappa shape index (κ3) is 1.53. The average molecular weight is 283 g/mol. The molecular formula is C13H9N5OS. The van der Waals surface area contributed by atoms with Gasteiger partial charge in [-0.3, -0.25) is 15.0 Å². The van der Waals surface area contributed by atoms with Crippen molar-refractivity contribution in [1.82, 2.24) is 24.8 Å². The average Bonchev–Trinajstić information content (AvgIpc) is 3.20. The van der Waals surface area contributed by atoms with Crippen LogP contribution in [0.2, 0.25) is 0 Å². The number of nitrogens with zero attached hydrogens (tertiary/aromatic N) is 3. The van der Waals surface area contributed by atoms with Gasteiger partial charge in [-0.25, -0.2) is 9.50 Å². The van der Waals surface area contributed by atoms with Crippen LogP contribution < -0.4 is 5.56 Å². The molecule has 0 amide bonds. The predicted molar refractivity (Wildman–Crippen MR) is 76.7 cm³/mol. The van der Waals surface area contributed by atoms with E-state index in [1.54, 1.807) is 36.0 Å². The molecule has 0 saturated carbocycles. The molecule has 4 heterocycles. The summed E-state index contributed by atoms with van der Waals surface area (Å²) in [5, 5.41) is 11.6. The van der Waals surface area contributed by atoms with E-state index in [0.717, 1.165) is 10.4 Å². The minimum Gasteiger partial charge on any atom is -0.296 e. The summed E-state index contributed by atoms with van der Waals surface area (Å²) >= 11 is 1.61. The maximum atomic E-state index is 12.5. The van der Waals surface area contributed by atoms with Crippen LogP contribution in [-0.4, -0.2) is 24.8 Å². The smallest absolute Gasteiger partial charge is 0.282 e. The fourth-order valence-electron chi connectivity index (χ4n) is 2.16. The first-order valence-electron chi connectivity index (χ1n) is 5.97. The van der Waals surface area contributed by atoms with Gasteiger partial charge in [0.2, 0.25) is 0 Å². The van der Waals surface area contributed by atoms with Crippen LogP contribution in [0, 0.1) is 0 Å². The molecule has 20 heavy (non-hydrogen) atoms. The molecule has 0 atom stereocenters. The van der Waals surface area contributed by atoms with Crippen LogP contribution in [0.4, 0.5) is 0 Å². The molecule has 2 N–H and O–H groups in total. The number of fused-ring (bicyclic) bond motifs is 1. The number of hydrogen-bond acceptors (Lipinski definition) is 4. The third-order valence-electron chi connectivity index (χ3n) is 3.12. The number of thiophene rings is 1. The Morgan fingerprint density at radius 3 is 2.95 bits per heavy atom. The highest BCUT2D eigenvalue weighted by Crippen LogP contribution is 2.27. The molecule has 6 nitrogen and oxygen atoms in total. The van der Waals surface area contributed by atoms with E-state index in [1.807, 2.05) is 17.5 Å². The molecule has 4 rings (SSSR count). The van der Waals surface area contributed by atoms with Crippen molar-refractivity contribution in [3.8, 4) is 21.7 Å². The summed E-state index contributed by atoms with van der Waals surface area (Å²) in [5.41, 5.74) is 2.54. The lowest BCUT2D eigenvalue weighted by atomic mass is 10.2. The first kappa shape index (κ1) is 11.2. The highest BCUT2D eigenvalue weighted by Gasteiger charge is 2.13. The van der Waals surface area contributed by atoms with E-state index in [9.17, 15) is 4.79 Å². The van der Waals surface area contributed by atoms with Gasteiger partial charge in [-0.15, -0.1) is 11.3 Å². The van der Waals surface area contributed by atoms with E-state index >= 15 is 0 Å². The maximum Gasteiger partial charge on any atom is 0.282 e. The lowest BCUT2D eigenvalue weighted by Crippen LogP contribution is -2.17. The summed E-state index contributed by atoms with van der Waals surface area (Å²) in [6.07, 6.45) is 4.98. The summed E-state index contributed by atoms with van der Waals surface area (Å²) in [4.78, 5) is 17.9. The first-order chi connectivity index (χ1) is 9.84. The minimum absolute atomic E-state index is 0.151. The Morgan fingerprint density at radius 2 is 2.20 bits per heavy atom. The minimum atomic E-state index is -0.151. The molecule has 0 aliphatic rings. The highest BCUT2D eigenvalue weighted by atomic mass is 32.1. The quantitative estimate of drug-likeness (QED) is 0.591. The predicted octanol–water partition coefficient (Wildman–Crippen LogP) is 2.14. The van der Waals surface area contributed by atoms with Crippen molar-refractivity contribution in [1.29, 1.82) is 0 Å². The molecule has 0 saturated heterocycles. The number of aromatic amines is 2. The van der Waals surface area contributed by atoms with Gasteiger partial charge in [0.25, 0.3) is 5.56 Å². The van der Waals surface area contributed by atoms with Crippen LogP contribution in [0.3, 0.4) is 0 Å². The van der Waals surface area contributed by atoms with E-state index in [4.69, 9.17) is 0 Å². The van der Waals surface area contributed by atoms with Crippen LogP contribution in [0.1, 0.15) is 0 Å². The van der Waals surface area contributed by atoms with Gasteiger partial charge in [-0.1, -0.05) is 6.07 Å². The maximum absolute atomic E-state index is 12.5. The van der Waals surface area contributed by atoms with Crippen LogP contribution in [0.15, 0.2) is 47.0 Å². The molecule has 0 radical (unpaired) electrons. The van der Waals surface area contributed by atoms with E-state index in [1.165, 1.54) is 4.52 Å². The molecule has 0 bridgehead atoms. The molecule has 0 aromatic carbocycles. The fraction of sp³-hybridized carbons (Fsp3) is 0. The van der Waals surface area contributed by atoms with Crippen molar-refractivity contribution >= 4 is 17.0 Å². The van der Waals surface area contributed by atoms with Gasteiger partial charge in [0.15, 0.2) is 5.65 Å². The van der Waals surface area contributed by atoms with Crippen molar-refractivity contribution in [2.75, 3.05) is 0 Å². The van der Waals surface area contributed by atoms with E-state index in [0.29, 0.717) is 16.9 Å². The van der Waals surface area contributed by atoms with Gasteiger partial charge < -0.3 is 0 Å². The second-order valence-electron chi connectivity index (χ2n) is 4.27. The molecule has 0 aliphatic heterocycles. The molecule has 0 aliphatic carbocycles. The van der Waals surface area contributed by atoms with Crippen LogP contribution in [-0.2, 0) is 0 Å². The van der Waals surface area contributed by atoms with Gasteiger partial charge in [-0.2, -0.15) is 5.10 Å². The number of aromatic nitrogens is 5. The molecule has 0 spiro atoms. The second-order valence-corrected chi connectivity index (χ2v) is 5.22. The monoisotopic (exact) mass is 283 g/mol. The fourth-order valence-corrected chi connectivity index (χ4v) is 2.90. The summed E-state index contributed by atoms with van der Waals surface area (Å²) < 4.78 is 1.45. The molecule has 4 aromatic rings. The second kappa shape index (κ2) is 4.17. The SMILES string of the molecule is O=c1c(-c2ccn[nH]2)cnc2c(-c3cccs3)c[nH]n12. The Kier molecular flexibility index (Phi) is 2.33. The Hall–Kier alpha value is -2.67. The topological polar surface area (TPSA) is 78.8 Å².